The Morgan fingerprint density at radius 2 is 2.18 bits per heavy atom. The van der Waals surface area contributed by atoms with E-state index in [0.717, 1.165) is 0 Å². The largest absolute Gasteiger partial charge is 0.428 e. The first-order valence-electron chi connectivity index (χ1n) is 3.56. The Kier molecular flexibility index (Phi) is 2.46. The standard InChI is InChI=1S/C7H10O4/c1-2-5-3-6(8)10-4-11-7(5)9/h5H,2-4H2,1H3. The summed E-state index contributed by atoms with van der Waals surface area (Å²) in [5.74, 6) is -1.01. The molecule has 0 aromatic rings. The fourth-order valence-electron chi connectivity index (χ4n) is 0.926. The summed E-state index contributed by atoms with van der Waals surface area (Å²) in [4.78, 5) is 21.7. The van der Waals surface area contributed by atoms with Crippen LogP contribution in [0.15, 0.2) is 0 Å². The molecule has 0 radical (unpaired) electrons. The molecule has 1 aliphatic heterocycles. The van der Waals surface area contributed by atoms with Crippen molar-refractivity contribution < 1.29 is 19.1 Å². The molecule has 0 aromatic carbocycles. The molecule has 62 valence electrons. The van der Waals surface area contributed by atoms with Crippen LogP contribution in [-0.2, 0) is 19.1 Å². The van der Waals surface area contributed by atoms with Crippen LogP contribution in [0.1, 0.15) is 19.8 Å². The second-order valence-corrected chi connectivity index (χ2v) is 2.41. The highest BCUT2D eigenvalue weighted by atomic mass is 16.7. The smallest absolute Gasteiger partial charge is 0.312 e. The van der Waals surface area contributed by atoms with E-state index >= 15 is 0 Å². The van der Waals surface area contributed by atoms with Gasteiger partial charge in [0, 0.05) is 0 Å². The van der Waals surface area contributed by atoms with E-state index in [-0.39, 0.29) is 31.1 Å². The number of carbonyl (C=O) groups excluding carboxylic acids is 2. The Bertz CT molecular complexity index is 175. The van der Waals surface area contributed by atoms with E-state index in [9.17, 15) is 9.59 Å². The SMILES string of the molecule is CCC1CC(=O)OCOC1=O. The number of hydrogen-bond donors (Lipinski definition) is 0. The third kappa shape index (κ3) is 1.93. The highest BCUT2D eigenvalue weighted by Crippen LogP contribution is 2.14. The van der Waals surface area contributed by atoms with Crippen molar-refractivity contribution >= 4 is 11.9 Å². The summed E-state index contributed by atoms with van der Waals surface area (Å²) in [7, 11) is 0. The molecule has 0 aromatic heterocycles. The van der Waals surface area contributed by atoms with E-state index in [1.807, 2.05) is 6.92 Å². The van der Waals surface area contributed by atoms with Crippen molar-refractivity contribution in [3.8, 4) is 0 Å². The molecule has 0 bridgehead atoms. The molecule has 1 aliphatic rings. The molecule has 1 atom stereocenters. The maximum atomic E-state index is 10.9. The van der Waals surface area contributed by atoms with Crippen molar-refractivity contribution in [1.82, 2.24) is 0 Å². The molecular weight excluding hydrogens is 148 g/mol. The van der Waals surface area contributed by atoms with Gasteiger partial charge in [-0.15, -0.1) is 0 Å². The van der Waals surface area contributed by atoms with Crippen LogP contribution in [0.4, 0.5) is 0 Å². The topological polar surface area (TPSA) is 52.6 Å². The van der Waals surface area contributed by atoms with Gasteiger partial charge in [-0.1, -0.05) is 6.92 Å². The molecule has 1 saturated heterocycles. The molecule has 1 fully saturated rings. The van der Waals surface area contributed by atoms with Crippen LogP contribution in [0.5, 0.6) is 0 Å². The first kappa shape index (κ1) is 8.04. The minimum atomic E-state index is -0.359. The summed E-state index contributed by atoms with van der Waals surface area (Å²) in [5, 5.41) is 0. The zero-order valence-electron chi connectivity index (χ0n) is 6.33. The number of rotatable bonds is 1. The molecule has 4 nitrogen and oxygen atoms in total. The zero-order valence-corrected chi connectivity index (χ0v) is 6.33. The summed E-state index contributed by atoms with van der Waals surface area (Å²) < 4.78 is 9.12. The Hall–Kier alpha value is -1.06. The van der Waals surface area contributed by atoms with Crippen LogP contribution in [-0.4, -0.2) is 18.7 Å². The lowest BCUT2D eigenvalue weighted by Crippen LogP contribution is -2.15. The van der Waals surface area contributed by atoms with Gasteiger partial charge in [0.05, 0.1) is 12.3 Å². The monoisotopic (exact) mass is 158 g/mol. The summed E-state index contributed by atoms with van der Waals surface area (Å²) >= 11 is 0. The van der Waals surface area contributed by atoms with Crippen molar-refractivity contribution in [3.05, 3.63) is 0 Å². The van der Waals surface area contributed by atoms with Gasteiger partial charge in [-0.25, -0.2) is 0 Å². The first-order chi connectivity index (χ1) is 5.24. The minimum Gasteiger partial charge on any atom is -0.428 e. The van der Waals surface area contributed by atoms with Crippen LogP contribution in [0.2, 0.25) is 0 Å². The van der Waals surface area contributed by atoms with Crippen LogP contribution in [0, 0.1) is 5.92 Å². The van der Waals surface area contributed by atoms with E-state index in [4.69, 9.17) is 0 Å². The summed E-state index contributed by atoms with van der Waals surface area (Å²) in [6, 6.07) is 0. The predicted octanol–water partition coefficient (Wildman–Crippen LogP) is 0.460. The maximum Gasteiger partial charge on any atom is 0.312 e. The predicted molar refractivity (Wildman–Crippen MR) is 35.4 cm³/mol. The van der Waals surface area contributed by atoms with Gasteiger partial charge in [-0.3, -0.25) is 9.59 Å². The third-order valence-corrected chi connectivity index (χ3v) is 1.66. The summed E-state index contributed by atoms with van der Waals surface area (Å²) in [6.07, 6.45) is 0.767. The van der Waals surface area contributed by atoms with Crippen molar-refractivity contribution in [3.63, 3.8) is 0 Å². The van der Waals surface area contributed by atoms with Gasteiger partial charge < -0.3 is 9.47 Å². The average Bonchev–Trinajstić information content (AvgIpc) is 2.13. The molecule has 0 amide bonds. The third-order valence-electron chi connectivity index (χ3n) is 1.66. The van der Waals surface area contributed by atoms with Crippen molar-refractivity contribution in [2.24, 2.45) is 5.92 Å². The molecule has 0 N–H and O–H groups in total. The van der Waals surface area contributed by atoms with E-state index in [1.54, 1.807) is 0 Å². The lowest BCUT2D eigenvalue weighted by molar-refractivity contribution is -0.161. The molecule has 4 heteroatoms. The van der Waals surface area contributed by atoms with Gasteiger partial charge in [-0.2, -0.15) is 0 Å². The van der Waals surface area contributed by atoms with Crippen LogP contribution in [0.3, 0.4) is 0 Å². The maximum absolute atomic E-state index is 10.9. The fraction of sp³-hybridized carbons (Fsp3) is 0.714. The molecular formula is C7H10O4. The molecule has 0 aliphatic carbocycles. The Labute approximate surface area is 64.5 Å². The number of ether oxygens (including phenoxy) is 2. The molecule has 0 saturated carbocycles. The lowest BCUT2D eigenvalue weighted by Gasteiger charge is -2.04. The van der Waals surface area contributed by atoms with Gasteiger partial charge in [-0.05, 0) is 6.42 Å². The summed E-state index contributed by atoms with van der Waals surface area (Å²) in [6.45, 7) is 1.61. The van der Waals surface area contributed by atoms with E-state index < -0.39 is 0 Å². The highest BCUT2D eigenvalue weighted by Gasteiger charge is 2.25. The van der Waals surface area contributed by atoms with Crippen LogP contribution >= 0.6 is 0 Å². The number of hydrogen-bond acceptors (Lipinski definition) is 4. The second-order valence-electron chi connectivity index (χ2n) is 2.41. The number of carbonyl (C=O) groups is 2. The van der Waals surface area contributed by atoms with E-state index in [0.29, 0.717) is 6.42 Å². The lowest BCUT2D eigenvalue weighted by atomic mass is 10.0. The Balaban J connectivity index is 2.59. The van der Waals surface area contributed by atoms with E-state index in [2.05, 4.69) is 9.47 Å². The first-order valence-corrected chi connectivity index (χ1v) is 3.56. The number of cyclic esters (lactones) is 2. The molecule has 1 unspecified atom stereocenters. The second kappa shape index (κ2) is 3.37. The summed E-state index contributed by atoms with van der Waals surface area (Å²) in [5.41, 5.74) is 0. The van der Waals surface area contributed by atoms with Crippen LogP contribution in [0.25, 0.3) is 0 Å². The van der Waals surface area contributed by atoms with Gasteiger partial charge in [0.2, 0.25) is 6.79 Å². The van der Waals surface area contributed by atoms with E-state index in [1.165, 1.54) is 0 Å². The zero-order chi connectivity index (χ0) is 8.27. The number of esters is 2. The van der Waals surface area contributed by atoms with Gasteiger partial charge in [0.25, 0.3) is 0 Å². The molecule has 11 heavy (non-hydrogen) atoms. The van der Waals surface area contributed by atoms with Crippen LogP contribution < -0.4 is 0 Å². The fourth-order valence-corrected chi connectivity index (χ4v) is 0.926. The van der Waals surface area contributed by atoms with Gasteiger partial charge >= 0.3 is 11.9 Å². The van der Waals surface area contributed by atoms with Crippen molar-refractivity contribution in [2.45, 2.75) is 19.8 Å². The average molecular weight is 158 g/mol. The quantitative estimate of drug-likeness (QED) is 0.520. The molecule has 1 rings (SSSR count). The van der Waals surface area contributed by atoms with Gasteiger partial charge in [0.1, 0.15) is 0 Å². The Morgan fingerprint density at radius 3 is 2.82 bits per heavy atom. The minimum absolute atomic E-state index is 0.148. The Morgan fingerprint density at radius 1 is 1.45 bits per heavy atom. The van der Waals surface area contributed by atoms with Crippen molar-refractivity contribution in [1.29, 1.82) is 0 Å². The van der Waals surface area contributed by atoms with Gasteiger partial charge in [0.15, 0.2) is 0 Å². The highest BCUT2D eigenvalue weighted by molar-refractivity contribution is 5.81. The normalized spacial score (nSPS) is 25.4. The van der Waals surface area contributed by atoms with Crippen molar-refractivity contribution in [2.75, 3.05) is 6.79 Å². The molecule has 1 heterocycles. The molecule has 0 spiro atoms.